The van der Waals surface area contributed by atoms with Gasteiger partial charge in [0.05, 0.1) is 5.92 Å². The van der Waals surface area contributed by atoms with Gasteiger partial charge in [-0.15, -0.1) is 0 Å². The summed E-state index contributed by atoms with van der Waals surface area (Å²) in [6.07, 6.45) is 12.8. The fraction of sp³-hybridized carbons (Fsp3) is 0.941. The van der Waals surface area contributed by atoms with Crippen molar-refractivity contribution in [1.82, 2.24) is 0 Å². The molecular formula is C17H30O2. The molecule has 0 aromatic rings. The summed E-state index contributed by atoms with van der Waals surface area (Å²) in [5.74, 6) is 1.36. The monoisotopic (exact) mass is 266 g/mol. The largest absolute Gasteiger partial charge is 0.462 e. The van der Waals surface area contributed by atoms with Gasteiger partial charge in [-0.05, 0) is 37.5 Å². The van der Waals surface area contributed by atoms with Gasteiger partial charge < -0.3 is 4.74 Å². The SMILES string of the molecule is CC(C(=O)OC1CCCCC1)C(C)C1CCCCC1. The standard InChI is InChI=1S/C17H30O2/c1-13(15-9-5-3-6-10-15)14(2)17(18)19-16-11-7-4-8-12-16/h13-16H,3-12H2,1-2H3. The lowest BCUT2D eigenvalue weighted by atomic mass is 9.75. The van der Waals surface area contributed by atoms with Crippen LogP contribution < -0.4 is 0 Å². The average molecular weight is 266 g/mol. The minimum Gasteiger partial charge on any atom is -0.462 e. The molecule has 2 nitrogen and oxygen atoms in total. The van der Waals surface area contributed by atoms with Crippen LogP contribution in [0.2, 0.25) is 0 Å². The Bertz CT molecular complexity index is 275. The van der Waals surface area contributed by atoms with E-state index in [0.717, 1.165) is 18.8 Å². The van der Waals surface area contributed by atoms with Crippen LogP contribution in [0.15, 0.2) is 0 Å². The molecule has 0 heterocycles. The Labute approximate surface area is 118 Å². The third-order valence-electron chi connectivity index (χ3n) is 5.39. The smallest absolute Gasteiger partial charge is 0.309 e. The second-order valence-electron chi connectivity index (χ2n) is 6.74. The third-order valence-corrected chi connectivity index (χ3v) is 5.39. The molecule has 0 saturated heterocycles. The molecule has 0 N–H and O–H groups in total. The van der Waals surface area contributed by atoms with Crippen LogP contribution >= 0.6 is 0 Å². The van der Waals surface area contributed by atoms with Gasteiger partial charge in [0.1, 0.15) is 6.10 Å². The topological polar surface area (TPSA) is 26.3 Å². The van der Waals surface area contributed by atoms with Crippen LogP contribution in [-0.2, 0) is 9.53 Å². The van der Waals surface area contributed by atoms with Crippen LogP contribution in [0.4, 0.5) is 0 Å². The van der Waals surface area contributed by atoms with Gasteiger partial charge in [0.25, 0.3) is 0 Å². The average Bonchev–Trinajstić information content (AvgIpc) is 2.47. The van der Waals surface area contributed by atoms with E-state index >= 15 is 0 Å². The molecule has 0 spiro atoms. The van der Waals surface area contributed by atoms with Crippen molar-refractivity contribution in [2.24, 2.45) is 17.8 Å². The number of esters is 1. The summed E-state index contributed by atoms with van der Waals surface area (Å²) in [5.41, 5.74) is 0. The summed E-state index contributed by atoms with van der Waals surface area (Å²) in [6.45, 7) is 4.33. The lowest BCUT2D eigenvalue weighted by Crippen LogP contribution is -2.31. The van der Waals surface area contributed by atoms with Crippen molar-refractivity contribution >= 4 is 5.97 Å². The predicted octanol–water partition coefficient (Wildman–Crippen LogP) is 4.71. The van der Waals surface area contributed by atoms with Crippen molar-refractivity contribution in [1.29, 1.82) is 0 Å². The summed E-state index contributed by atoms with van der Waals surface area (Å²) in [5, 5.41) is 0. The molecule has 0 amide bonds. The molecule has 19 heavy (non-hydrogen) atoms. The number of rotatable bonds is 4. The van der Waals surface area contributed by atoms with Crippen LogP contribution in [0.1, 0.15) is 78.1 Å². The maximum absolute atomic E-state index is 12.3. The first-order valence-corrected chi connectivity index (χ1v) is 8.39. The molecule has 2 aliphatic rings. The minimum atomic E-state index is 0.0602. The van der Waals surface area contributed by atoms with Gasteiger partial charge in [-0.3, -0.25) is 4.79 Å². The summed E-state index contributed by atoms with van der Waals surface area (Å²) < 4.78 is 5.73. The van der Waals surface area contributed by atoms with Crippen molar-refractivity contribution < 1.29 is 9.53 Å². The molecule has 2 atom stereocenters. The van der Waals surface area contributed by atoms with Crippen molar-refractivity contribution in [2.45, 2.75) is 84.2 Å². The number of hydrogen-bond acceptors (Lipinski definition) is 2. The van der Waals surface area contributed by atoms with E-state index in [1.807, 2.05) is 0 Å². The normalized spacial score (nSPS) is 25.8. The molecule has 2 fully saturated rings. The molecule has 2 heteroatoms. The Kier molecular flexibility index (Phi) is 5.72. The molecule has 0 aromatic heterocycles. The second kappa shape index (κ2) is 7.31. The molecule has 0 aliphatic heterocycles. The Balaban J connectivity index is 1.79. The van der Waals surface area contributed by atoms with E-state index in [1.165, 1.54) is 51.4 Å². The third kappa shape index (κ3) is 4.22. The van der Waals surface area contributed by atoms with E-state index in [1.54, 1.807) is 0 Å². The number of carbonyl (C=O) groups excluding carboxylic acids is 1. The van der Waals surface area contributed by atoms with Gasteiger partial charge >= 0.3 is 5.97 Å². The molecule has 0 radical (unpaired) electrons. The number of ether oxygens (including phenoxy) is 1. The van der Waals surface area contributed by atoms with Gasteiger partial charge in [0, 0.05) is 0 Å². The van der Waals surface area contributed by atoms with Gasteiger partial charge in [0.15, 0.2) is 0 Å². The molecule has 0 aromatic carbocycles. The molecule has 2 aliphatic carbocycles. The van der Waals surface area contributed by atoms with Crippen LogP contribution in [0, 0.1) is 17.8 Å². The molecule has 2 rings (SSSR count). The second-order valence-corrected chi connectivity index (χ2v) is 6.74. The number of hydrogen-bond donors (Lipinski definition) is 0. The van der Waals surface area contributed by atoms with Gasteiger partial charge in [-0.25, -0.2) is 0 Å². The first kappa shape index (κ1) is 14.9. The zero-order valence-electron chi connectivity index (χ0n) is 12.7. The first-order chi connectivity index (χ1) is 9.18. The van der Waals surface area contributed by atoms with E-state index < -0.39 is 0 Å². The quantitative estimate of drug-likeness (QED) is 0.688. The fourth-order valence-electron chi connectivity index (χ4n) is 3.74. The van der Waals surface area contributed by atoms with Gasteiger partial charge in [0.2, 0.25) is 0 Å². The lowest BCUT2D eigenvalue weighted by Gasteiger charge is -2.32. The maximum atomic E-state index is 12.3. The highest BCUT2D eigenvalue weighted by Crippen LogP contribution is 2.34. The lowest BCUT2D eigenvalue weighted by molar-refractivity contribution is -0.157. The highest BCUT2D eigenvalue weighted by atomic mass is 16.5. The fourth-order valence-corrected chi connectivity index (χ4v) is 3.74. The molecule has 0 bridgehead atoms. The first-order valence-electron chi connectivity index (χ1n) is 8.39. The van der Waals surface area contributed by atoms with E-state index in [0.29, 0.717) is 5.92 Å². The Morgan fingerprint density at radius 1 is 0.895 bits per heavy atom. The van der Waals surface area contributed by atoms with Crippen molar-refractivity contribution in [3.8, 4) is 0 Å². The summed E-state index contributed by atoms with van der Waals surface area (Å²) in [6, 6.07) is 0. The van der Waals surface area contributed by atoms with E-state index in [9.17, 15) is 4.79 Å². The van der Waals surface area contributed by atoms with E-state index in [-0.39, 0.29) is 18.0 Å². The van der Waals surface area contributed by atoms with Crippen LogP contribution in [-0.4, -0.2) is 12.1 Å². The van der Waals surface area contributed by atoms with Crippen molar-refractivity contribution in [2.75, 3.05) is 0 Å². The van der Waals surface area contributed by atoms with Crippen LogP contribution in [0.5, 0.6) is 0 Å². The van der Waals surface area contributed by atoms with Crippen LogP contribution in [0.3, 0.4) is 0 Å². The maximum Gasteiger partial charge on any atom is 0.309 e. The molecule has 2 saturated carbocycles. The van der Waals surface area contributed by atoms with Crippen LogP contribution in [0.25, 0.3) is 0 Å². The zero-order valence-corrected chi connectivity index (χ0v) is 12.7. The molecular weight excluding hydrogens is 236 g/mol. The molecule has 2 unspecified atom stereocenters. The number of carbonyl (C=O) groups is 1. The van der Waals surface area contributed by atoms with E-state index in [4.69, 9.17) is 4.74 Å². The van der Waals surface area contributed by atoms with Gasteiger partial charge in [-0.1, -0.05) is 52.4 Å². The Hall–Kier alpha value is -0.530. The van der Waals surface area contributed by atoms with Gasteiger partial charge in [-0.2, -0.15) is 0 Å². The zero-order chi connectivity index (χ0) is 13.7. The molecule has 110 valence electrons. The predicted molar refractivity (Wildman–Crippen MR) is 77.9 cm³/mol. The Morgan fingerprint density at radius 2 is 1.42 bits per heavy atom. The van der Waals surface area contributed by atoms with Crippen molar-refractivity contribution in [3.05, 3.63) is 0 Å². The van der Waals surface area contributed by atoms with E-state index in [2.05, 4.69) is 13.8 Å². The summed E-state index contributed by atoms with van der Waals surface area (Å²) in [4.78, 5) is 12.3. The highest BCUT2D eigenvalue weighted by Gasteiger charge is 2.30. The Morgan fingerprint density at radius 3 is 2.00 bits per heavy atom. The summed E-state index contributed by atoms with van der Waals surface area (Å²) >= 11 is 0. The summed E-state index contributed by atoms with van der Waals surface area (Å²) in [7, 11) is 0. The highest BCUT2D eigenvalue weighted by molar-refractivity contribution is 5.72. The van der Waals surface area contributed by atoms with Crippen molar-refractivity contribution in [3.63, 3.8) is 0 Å². The minimum absolute atomic E-state index is 0.0602.